The summed E-state index contributed by atoms with van der Waals surface area (Å²) in [7, 11) is 0. The van der Waals surface area contributed by atoms with Gasteiger partial charge in [0, 0.05) is 64.1 Å². The van der Waals surface area contributed by atoms with Crippen LogP contribution in [-0.4, -0.2) is 69.9 Å². The van der Waals surface area contributed by atoms with Crippen LogP contribution >= 0.6 is 0 Å². The fourth-order valence-electron chi connectivity index (χ4n) is 3.79. The van der Waals surface area contributed by atoms with Gasteiger partial charge < -0.3 is 15.5 Å². The van der Waals surface area contributed by atoms with Crippen LogP contribution in [0.1, 0.15) is 17.5 Å². The van der Waals surface area contributed by atoms with E-state index in [1.54, 1.807) is 18.6 Å². The van der Waals surface area contributed by atoms with Crippen LogP contribution in [0.5, 0.6) is 0 Å². The monoisotopic (exact) mass is 434 g/mol. The number of benzene rings is 1. The van der Waals surface area contributed by atoms with Gasteiger partial charge in [-0.2, -0.15) is 5.10 Å². The molecule has 9 heteroatoms. The van der Waals surface area contributed by atoms with E-state index in [9.17, 15) is 4.79 Å². The Bertz CT molecular complexity index is 955. The Morgan fingerprint density at radius 3 is 2.53 bits per heavy atom. The second-order valence-corrected chi connectivity index (χ2v) is 7.86. The summed E-state index contributed by atoms with van der Waals surface area (Å²) in [6.45, 7) is 6.68. The second-order valence-electron chi connectivity index (χ2n) is 7.86. The fraction of sp³-hybridized carbons (Fsp3) is 0.391. The SMILES string of the molecule is O=C(NCCCN1CCN(c2ncccn2)CC1)NCc1cccc(Cn2cccn2)c1. The van der Waals surface area contributed by atoms with Gasteiger partial charge in [0.05, 0.1) is 6.54 Å². The van der Waals surface area contributed by atoms with Crippen LogP contribution in [-0.2, 0) is 13.1 Å². The van der Waals surface area contributed by atoms with Crippen molar-refractivity contribution in [3.8, 4) is 0 Å². The summed E-state index contributed by atoms with van der Waals surface area (Å²) < 4.78 is 1.88. The highest BCUT2D eigenvalue weighted by molar-refractivity contribution is 5.73. The van der Waals surface area contributed by atoms with E-state index in [1.807, 2.05) is 35.1 Å². The minimum absolute atomic E-state index is 0.131. The van der Waals surface area contributed by atoms with Gasteiger partial charge in [-0.3, -0.25) is 9.58 Å². The number of aromatic nitrogens is 4. The predicted octanol–water partition coefficient (Wildman–Crippen LogP) is 1.73. The van der Waals surface area contributed by atoms with Gasteiger partial charge in [-0.05, 0) is 36.2 Å². The van der Waals surface area contributed by atoms with Crippen LogP contribution in [0, 0.1) is 0 Å². The molecule has 168 valence electrons. The number of hydrogen-bond acceptors (Lipinski definition) is 6. The highest BCUT2D eigenvalue weighted by atomic mass is 16.2. The molecule has 1 aromatic carbocycles. The summed E-state index contributed by atoms with van der Waals surface area (Å²) in [5, 5.41) is 10.1. The van der Waals surface area contributed by atoms with Gasteiger partial charge in [-0.1, -0.05) is 24.3 Å². The standard InChI is InChI=1S/C23H30N8O/c32-23(27-18-20-5-1-6-21(17-20)19-31-12-4-10-28-31)26-9-3-11-29-13-15-30(16-14-29)22-24-7-2-8-25-22/h1-2,4-8,10,12,17H,3,9,11,13-16,18-19H2,(H2,26,27,32). The van der Waals surface area contributed by atoms with Gasteiger partial charge in [0.25, 0.3) is 0 Å². The van der Waals surface area contributed by atoms with E-state index in [4.69, 9.17) is 0 Å². The Morgan fingerprint density at radius 2 is 1.75 bits per heavy atom. The molecule has 1 aliphatic rings. The lowest BCUT2D eigenvalue weighted by atomic mass is 10.1. The van der Waals surface area contributed by atoms with E-state index < -0.39 is 0 Å². The Hall–Kier alpha value is -3.46. The van der Waals surface area contributed by atoms with E-state index in [2.05, 4.69) is 47.6 Å². The molecule has 1 aliphatic heterocycles. The molecule has 0 atom stereocenters. The maximum absolute atomic E-state index is 12.1. The van der Waals surface area contributed by atoms with Gasteiger partial charge in [-0.25, -0.2) is 14.8 Å². The summed E-state index contributed by atoms with van der Waals surface area (Å²) in [5.74, 6) is 0.803. The Morgan fingerprint density at radius 1 is 0.938 bits per heavy atom. The number of rotatable bonds is 9. The number of urea groups is 1. The quantitative estimate of drug-likeness (QED) is 0.499. The summed E-state index contributed by atoms with van der Waals surface area (Å²) in [6, 6.07) is 11.8. The number of nitrogens with one attached hydrogen (secondary N) is 2. The second kappa shape index (κ2) is 11.2. The van der Waals surface area contributed by atoms with Crippen molar-refractivity contribution in [1.29, 1.82) is 0 Å². The van der Waals surface area contributed by atoms with Crippen LogP contribution in [0.25, 0.3) is 0 Å². The molecule has 2 N–H and O–H groups in total. The number of anilines is 1. The normalized spacial score (nSPS) is 14.3. The molecule has 1 fully saturated rings. The third kappa shape index (κ3) is 6.52. The molecule has 2 aromatic heterocycles. The van der Waals surface area contributed by atoms with Crippen molar-refractivity contribution in [2.24, 2.45) is 0 Å². The molecule has 9 nitrogen and oxygen atoms in total. The number of hydrogen-bond donors (Lipinski definition) is 2. The van der Waals surface area contributed by atoms with Crippen LogP contribution < -0.4 is 15.5 Å². The zero-order chi connectivity index (χ0) is 22.0. The number of nitrogens with zero attached hydrogens (tertiary/aromatic N) is 6. The average Bonchev–Trinajstić information content (AvgIpc) is 3.35. The smallest absolute Gasteiger partial charge is 0.315 e. The molecule has 0 unspecified atom stereocenters. The molecular formula is C23H30N8O. The molecule has 0 saturated carbocycles. The minimum atomic E-state index is -0.131. The molecule has 1 saturated heterocycles. The zero-order valence-corrected chi connectivity index (χ0v) is 18.2. The highest BCUT2D eigenvalue weighted by Crippen LogP contribution is 2.10. The first-order chi connectivity index (χ1) is 15.8. The number of carbonyl (C=O) groups is 1. The van der Waals surface area contributed by atoms with E-state index in [-0.39, 0.29) is 6.03 Å². The maximum Gasteiger partial charge on any atom is 0.315 e. The summed E-state index contributed by atoms with van der Waals surface area (Å²) in [5.41, 5.74) is 2.23. The minimum Gasteiger partial charge on any atom is -0.338 e. The Kier molecular flexibility index (Phi) is 7.64. The molecular weight excluding hydrogens is 404 g/mol. The van der Waals surface area contributed by atoms with Crippen molar-refractivity contribution in [2.75, 3.05) is 44.2 Å². The van der Waals surface area contributed by atoms with Gasteiger partial charge in [0.15, 0.2) is 0 Å². The fourth-order valence-corrected chi connectivity index (χ4v) is 3.79. The van der Waals surface area contributed by atoms with Crippen molar-refractivity contribution < 1.29 is 4.79 Å². The number of amides is 2. The predicted molar refractivity (Wildman–Crippen MR) is 123 cm³/mol. The lowest BCUT2D eigenvalue weighted by Gasteiger charge is -2.34. The lowest BCUT2D eigenvalue weighted by Crippen LogP contribution is -2.47. The van der Waals surface area contributed by atoms with Gasteiger partial charge in [0.2, 0.25) is 5.95 Å². The molecule has 3 aromatic rings. The lowest BCUT2D eigenvalue weighted by molar-refractivity contribution is 0.235. The maximum atomic E-state index is 12.1. The molecule has 0 aliphatic carbocycles. The van der Waals surface area contributed by atoms with Crippen LogP contribution in [0.4, 0.5) is 10.7 Å². The van der Waals surface area contributed by atoms with E-state index in [1.165, 1.54) is 0 Å². The average molecular weight is 435 g/mol. The topological polar surface area (TPSA) is 91.2 Å². The third-order valence-corrected chi connectivity index (χ3v) is 5.49. The van der Waals surface area contributed by atoms with E-state index in [0.717, 1.165) is 62.8 Å². The van der Waals surface area contributed by atoms with Gasteiger partial charge in [0.1, 0.15) is 0 Å². The van der Waals surface area contributed by atoms with Crippen molar-refractivity contribution >= 4 is 12.0 Å². The van der Waals surface area contributed by atoms with Crippen molar-refractivity contribution in [3.05, 3.63) is 72.3 Å². The molecule has 0 spiro atoms. The Labute approximate surface area is 188 Å². The molecule has 4 rings (SSSR count). The zero-order valence-electron chi connectivity index (χ0n) is 18.2. The van der Waals surface area contributed by atoms with Crippen molar-refractivity contribution in [1.82, 2.24) is 35.3 Å². The van der Waals surface area contributed by atoms with Crippen molar-refractivity contribution in [3.63, 3.8) is 0 Å². The van der Waals surface area contributed by atoms with Crippen LogP contribution in [0.15, 0.2) is 61.2 Å². The van der Waals surface area contributed by atoms with Gasteiger partial charge >= 0.3 is 6.03 Å². The molecule has 0 radical (unpaired) electrons. The van der Waals surface area contributed by atoms with E-state index >= 15 is 0 Å². The first kappa shape index (κ1) is 21.8. The van der Waals surface area contributed by atoms with E-state index in [0.29, 0.717) is 13.1 Å². The molecule has 32 heavy (non-hydrogen) atoms. The number of piperazine rings is 1. The molecule has 0 bridgehead atoms. The summed E-state index contributed by atoms with van der Waals surface area (Å²) in [6.07, 6.45) is 8.20. The van der Waals surface area contributed by atoms with Crippen LogP contribution in [0.3, 0.4) is 0 Å². The molecule has 2 amide bonds. The number of carbonyl (C=O) groups excluding carboxylic acids is 1. The van der Waals surface area contributed by atoms with Gasteiger partial charge in [-0.15, -0.1) is 0 Å². The highest BCUT2D eigenvalue weighted by Gasteiger charge is 2.18. The van der Waals surface area contributed by atoms with Crippen LogP contribution in [0.2, 0.25) is 0 Å². The Balaban J connectivity index is 1.09. The first-order valence-corrected chi connectivity index (χ1v) is 11.1. The largest absolute Gasteiger partial charge is 0.338 e. The van der Waals surface area contributed by atoms with Crippen molar-refractivity contribution in [2.45, 2.75) is 19.5 Å². The molecule has 3 heterocycles. The first-order valence-electron chi connectivity index (χ1n) is 11.1. The summed E-state index contributed by atoms with van der Waals surface area (Å²) in [4.78, 5) is 25.4. The third-order valence-electron chi connectivity index (χ3n) is 5.49. The summed E-state index contributed by atoms with van der Waals surface area (Å²) >= 11 is 0.